The topological polar surface area (TPSA) is 29.3 Å². The Morgan fingerprint density at radius 3 is 2.44 bits per heavy atom. The van der Waals surface area contributed by atoms with E-state index in [1.165, 1.54) is 0 Å². The Morgan fingerprint density at radius 2 is 1.94 bits per heavy atom. The zero-order valence-corrected chi connectivity index (χ0v) is 13.2. The third-order valence-electron chi connectivity index (χ3n) is 3.09. The zero-order chi connectivity index (χ0) is 11.7. The molecule has 0 radical (unpaired) electrons. The van der Waals surface area contributed by atoms with Crippen LogP contribution in [0.5, 0.6) is 0 Å². The van der Waals surface area contributed by atoms with Gasteiger partial charge in [0.15, 0.2) is 0 Å². The lowest BCUT2D eigenvalue weighted by atomic mass is 10.0. The van der Waals surface area contributed by atoms with Crippen LogP contribution in [-0.2, 0) is 6.42 Å². The van der Waals surface area contributed by atoms with E-state index in [1.54, 1.807) is 6.07 Å². The van der Waals surface area contributed by atoms with Gasteiger partial charge in [0.25, 0.3) is 0 Å². The molecule has 1 aromatic carbocycles. The van der Waals surface area contributed by atoms with Crippen molar-refractivity contribution in [1.29, 1.82) is 0 Å². The first-order chi connectivity index (χ1) is 7.56. The number of nitrogens with two attached hydrogens (primary N) is 1. The second kappa shape index (κ2) is 7.78. The van der Waals surface area contributed by atoms with E-state index in [-0.39, 0.29) is 24.8 Å². The molecule has 0 saturated carbocycles. The fraction of sp³-hybridized carbons (Fsp3) is 0.500. The molecule has 1 aliphatic rings. The molecule has 1 heterocycles. The van der Waals surface area contributed by atoms with Crippen LogP contribution in [0, 0.1) is 0 Å². The molecule has 1 atom stereocenters. The lowest BCUT2D eigenvalue weighted by Gasteiger charge is -2.41. The summed E-state index contributed by atoms with van der Waals surface area (Å²) in [4.78, 5) is 2.37. The summed E-state index contributed by atoms with van der Waals surface area (Å²) in [5.41, 5.74) is 6.92. The Bertz CT molecular complexity index is 380. The first-order valence-corrected chi connectivity index (χ1v) is 6.25. The summed E-state index contributed by atoms with van der Waals surface area (Å²) in [5, 5.41) is 1.44. The predicted molar refractivity (Wildman–Crippen MR) is 83.7 cm³/mol. The molecule has 0 spiro atoms. The number of rotatable bonds is 3. The van der Waals surface area contributed by atoms with Crippen LogP contribution >= 0.6 is 48.0 Å². The molecule has 0 aromatic heterocycles. The highest BCUT2D eigenvalue weighted by atomic mass is 35.5. The summed E-state index contributed by atoms with van der Waals surface area (Å²) >= 11 is 12.0. The second-order valence-corrected chi connectivity index (χ2v) is 5.35. The Balaban J connectivity index is 0.00000144. The number of halogens is 4. The summed E-state index contributed by atoms with van der Waals surface area (Å²) < 4.78 is 0. The molecule has 0 bridgehead atoms. The summed E-state index contributed by atoms with van der Waals surface area (Å²) in [6, 6.07) is 6.52. The summed E-state index contributed by atoms with van der Waals surface area (Å²) in [6.45, 7) is 4.19. The van der Waals surface area contributed by atoms with Crippen molar-refractivity contribution >= 4 is 48.0 Å². The zero-order valence-electron chi connectivity index (χ0n) is 10.1. The molecule has 2 rings (SSSR count). The molecule has 2 nitrogen and oxygen atoms in total. The van der Waals surface area contributed by atoms with Gasteiger partial charge < -0.3 is 5.73 Å². The van der Waals surface area contributed by atoms with Gasteiger partial charge in [-0.25, -0.2) is 0 Å². The number of hydrogen-bond donors (Lipinski definition) is 1. The minimum Gasteiger partial charge on any atom is -0.325 e. The van der Waals surface area contributed by atoms with Crippen LogP contribution in [0.25, 0.3) is 0 Å². The molecule has 104 valence electrons. The van der Waals surface area contributed by atoms with Crippen molar-refractivity contribution in [2.24, 2.45) is 5.73 Å². The van der Waals surface area contributed by atoms with Gasteiger partial charge in [0, 0.05) is 35.2 Å². The molecule has 0 aliphatic carbocycles. The highest BCUT2D eigenvalue weighted by Gasteiger charge is 2.27. The molecule has 1 unspecified atom stereocenters. The second-order valence-electron chi connectivity index (χ2n) is 4.50. The standard InChI is InChI=1S/C12H16Cl2N2.2ClH/c1-8(16-6-11(15)7-16)4-9-2-3-10(13)5-12(9)14;;/h2-3,5,8,11H,4,6-7,15H2,1H3;2*1H. The Morgan fingerprint density at radius 1 is 1.33 bits per heavy atom. The van der Waals surface area contributed by atoms with Gasteiger partial charge in [0.05, 0.1) is 0 Å². The molecular formula is C12H18Cl4N2. The minimum atomic E-state index is 0. The SMILES string of the molecule is CC(Cc1ccc(Cl)cc1Cl)N1CC(N)C1.Cl.Cl. The fourth-order valence-electron chi connectivity index (χ4n) is 2.04. The number of hydrogen-bond acceptors (Lipinski definition) is 2. The molecular weight excluding hydrogens is 314 g/mol. The first kappa shape index (κ1) is 18.3. The highest BCUT2D eigenvalue weighted by molar-refractivity contribution is 6.35. The van der Waals surface area contributed by atoms with Crippen molar-refractivity contribution in [1.82, 2.24) is 4.90 Å². The molecule has 1 aliphatic heterocycles. The summed E-state index contributed by atoms with van der Waals surface area (Å²) in [6.07, 6.45) is 0.947. The van der Waals surface area contributed by atoms with E-state index in [9.17, 15) is 0 Å². The molecule has 1 aromatic rings. The molecule has 2 N–H and O–H groups in total. The van der Waals surface area contributed by atoms with Crippen LogP contribution in [0.15, 0.2) is 18.2 Å². The van der Waals surface area contributed by atoms with E-state index in [4.69, 9.17) is 28.9 Å². The van der Waals surface area contributed by atoms with E-state index in [0.29, 0.717) is 17.1 Å². The van der Waals surface area contributed by atoms with Gasteiger partial charge in [-0.15, -0.1) is 24.8 Å². The van der Waals surface area contributed by atoms with Crippen molar-refractivity contribution in [3.05, 3.63) is 33.8 Å². The van der Waals surface area contributed by atoms with Crippen molar-refractivity contribution in [2.45, 2.75) is 25.4 Å². The third-order valence-corrected chi connectivity index (χ3v) is 3.68. The largest absolute Gasteiger partial charge is 0.325 e. The molecule has 1 saturated heterocycles. The lowest BCUT2D eigenvalue weighted by molar-refractivity contribution is 0.103. The van der Waals surface area contributed by atoms with Gasteiger partial charge in [0.1, 0.15) is 0 Å². The van der Waals surface area contributed by atoms with Crippen LogP contribution in [0.3, 0.4) is 0 Å². The summed E-state index contributed by atoms with van der Waals surface area (Å²) in [5.74, 6) is 0. The van der Waals surface area contributed by atoms with Crippen LogP contribution in [0.2, 0.25) is 10.0 Å². The van der Waals surface area contributed by atoms with Gasteiger partial charge in [-0.2, -0.15) is 0 Å². The van der Waals surface area contributed by atoms with Gasteiger partial charge in [0.2, 0.25) is 0 Å². The van der Waals surface area contributed by atoms with Crippen molar-refractivity contribution < 1.29 is 0 Å². The summed E-state index contributed by atoms with van der Waals surface area (Å²) in [7, 11) is 0. The minimum absolute atomic E-state index is 0. The van der Waals surface area contributed by atoms with Crippen LogP contribution in [0.4, 0.5) is 0 Å². The maximum Gasteiger partial charge on any atom is 0.0453 e. The maximum atomic E-state index is 6.14. The Kier molecular flexibility index (Phi) is 7.91. The number of nitrogens with zero attached hydrogens (tertiary/aromatic N) is 1. The molecule has 18 heavy (non-hydrogen) atoms. The normalized spacial score (nSPS) is 17.3. The number of likely N-dealkylation sites (tertiary alicyclic amines) is 1. The van der Waals surface area contributed by atoms with Gasteiger partial charge in [-0.05, 0) is 31.0 Å². The van der Waals surface area contributed by atoms with E-state index >= 15 is 0 Å². The van der Waals surface area contributed by atoms with E-state index in [2.05, 4.69) is 11.8 Å². The van der Waals surface area contributed by atoms with Crippen LogP contribution < -0.4 is 5.73 Å². The van der Waals surface area contributed by atoms with E-state index in [1.807, 2.05) is 12.1 Å². The first-order valence-electron chi connectivity index (χ1n) is 5.50. The molecule has 1 fully saturated rings. The monoisotopic (exact) mass is 330 g/mol. The van der Waals surface area contributed by atoms with E-state index < -0.39 is 0 Å². The highest BCUT2D eigenvalue weighted by Crippen LogP contribution is 2.24. The smallest absolute Gasteiger partial charge is 0.0453 e. The molecule has 0 amide bonds. The predicted octanol–water partition coefficient (Wildman–Crippen LogP) is 3.41. The quantitative estimate of drug-likeness (QED) is 0.919. The van der Waals surface area contributed by atoms with E-state index in [0.717, 1.165) is 30.1 Å². The Hall–Kier alpha value is 0.300. The third kappa shape index (κ3) is 4.44. The maximum absolute atomic E-state index is 6.14. The van der Waals surface area contributed by atoms with Crippen molar-refractivity contribution in [2.75, 3.05) is 13.1 Å². The van der Waals surface area contributed by atoms with Gasteiger partial charge >= 0.3 is 0 Å². The molecule has 6 heteroatoms. The average Bonchev–Trinajstić information content (AvgIpc) is 2.17. The lowest BCUT2D eigenvalue weighted by Crippen LogP contribution is -2.59. The Labute approximate surface area is 131 Å². The number of benzene rings is 1. The average molecular weight is 332 g/mol. The van der Waals surface area contributed by atoms with Crippen LogP contribution in [-0.4, -0.2) is 30.1 Å². The van der Waals surface area contributed by atoms with Crippen molar-refractivity contribution in [3.63, 3.8) is 0 Å². The van der Waals surface area contributed by atoms with Crippen molar-refractivity contribution in [3.8, 4) is 0 Å². The fourth-order valence-corrected chi connectivity index (χ4v) is 2.53. The van der Waals surface area contributed by atoms with Crippen LogP contribution in [0.1, 0.15) is 12.5 Å². The van der Waals surface area contributed by atoms with Gasteiger partial charge in [-0.3, -0.25) is 4.90 Å². The van der Waals surface area contributed by atoms with Gasteiger partial charge in [-0.1, -0.05) is 29.3 Å².